The van der Waals surface area contributed by atoms with Crippen LogP contribution in [0, 0.1) is 10.1 Å². The van der Waals surface area contributed by atoms with Crippen molar-refractivity contribution in [2.24, 2.45) is 10.9 Å². The van der Waals surface area contributed by atoms with Crippen LogP contribution in [0.1, 0.15) is 19.3 Å². The van der Waals surface area contributed by atoms with Gasteiger partial charge in [0.05, 0.1) is 0 Å². The lowest BCUT2D eigenvalue weighted by Crippen LogP contribution is -2.34. The third kappa shape index (κ3) is 2.95. The minimum atomic E-state index is -0.903. The van der Waals surface area contributed by atoms with E-state index in [1.54, 1.807) is 12.2 Å². The fourth-order valence-corrected chi connectivity index (χ4v) is 2.40. The number of likely N-dealkylation sites (tertiary alicyclic amines) is 1. The van der Waals surface area contributed by atoms with Gasteiger partial charge in [0.25, 0.3) is 6.04 Å². The fourth-order valence-electron chi connectivity index (χ4n) is 2.40. The average Bonchev–Trinajstić information content (AvgIpc) is 2.40. The molecule has 0 radical (unpaired) electrons. The highest BCUT2D eigenvalue weighted by atomic mass is 16.6. The van der Waals surface area contributed by atoms with Crippen LogP contribution in [0.2, 0.25) is 0 Å². The molecular weight excluding hydrogens is 232 g/mol. The third-order valence-electron chi connectivity index (χ3n) is 3.37. The molecule has 0 spiro atoms. The highest BCUT2D eigenvalue weighted by Crippen LogP contribution is 2.16. The molecule has 0 amide bonds. The lowest BCUT2D eigenvalue weighted by molar-refractivity contribution is -0.490. The van der Waals surface area contributed by atoms with Gasteiger partial charge in [0, 0.05) is 11.5 Å². The van der Waals surface area contributed by atoms with Gasteiger partial charge in [0.1, 0.15) is 5.71 Å². The normalized spacial score (nSPS) is 27.2. The molecule has 6 heteroatoms. The standard InChI is InChI=1S/C12H18N4O2/c13-14-11-5-4-10(8-12(11)16(17)18)9-15-6-2-1-3-7-15/h4-5,8,12H,1-3,6-7,9,13H2. The first-order valence-corrected chi connectivity index (χ1v) is 6.23. The van der Waals surface area contributed by atoms with Crippen LogP contribution in [0.15, 0.2) is 28.9 Å². The minimum absolute atomic E-state index is 0.308. The molecule has 1 unspecified atom stereocenters. The third-order valence-corrected chi connectivity index (χ3v) is 3.37. The summed E-state index contributed by atoms with van der Waals surface area (Å²) in [6, 6.07) is -0.903. The number of hydrazone groups is 1. The van der Waals surface area contributed by atoms with E-state index in [4.69, 9.17) is 5.84 Å². The van der Waals surface area contributed by atoms with E-state index in [9.17, 15) is 10.1 Å². The highest BCUT2D eigenvalue weighted by Gasteiger charge is 2.26. The molecule has 1 saturated heterocycles. The number of nitro groups is 1. The molecule has 0 bridgehead atoms. The van der Waals surface area contributed by atoms with Crippen LogP contribution < -0.4 is 5.84 Å². The predicted octanol–water partition coefficient (Wildman–Crippen LogP) is 0.929. The Labute approximate surface area is 106 Å². The maximum Gasteiger partial charge on any atom is 0.275 e. The van der Waals surface area contributed by atoms with Crippen molar-refractivity contribution < 1.29 is 4.92 Å². The summed E-state index contributed by atoms with van der Waals surface area (Å²) >= 11 is 0. The first kappa shape index (κ1) is 12.8. The molecule has 0 aromatic heterocycles. The largest absolute Gasteiger partial charge is 0.323 e. The molecule has 1 fully saturated rings. The van der Waals surface area contributed by atoms with Gasteiger partial charge in [-0.25, -0.2) is 0 Å². The molecule has 18 heavy (non-hydrogen) atoms. The van der Waals surface area contributed by atoms with Crippen LogP contribution in [0.25, 0.3) is 0 Å². The van der Waals surface area contributed by atoms with Gasteiger partial charge >= 0.3 is 0 Å². The number of piperidine rings is 1. The molecular formula is C12H18N4O2. The lowest BCUT2D eigenvalue weighted by atomic mass is 10.00. The van der Waals surface area contributed by atoms with Gasteiger partial charge in [0.15, 0.2) is 0 Å². The van der Waals surface area contributed by atoms with Crippen LogP contribution in [0.5, 0.6) is 0 Å². The maximum atomic E-state index is 10.9. The first-order chi connectivity index (χ1) is 8.70. The topological polar surface area (TPSA) is 84.8 Å². The first-order valence-electron chi connectivity index (χ1n) is 6.23. The van der Waals surface area contributed by atoms with Gasteiger partial charge in [-0.2, -0.15) is 5.10 Å². The average molecular weight is 250 g/mol. The van der Waals surface area contributed by atoms with Crippen LogP contribution in [0.3, 0.4) is 0 Å². The van der Waals surface area contributed by atoms with E-state index in [0.717, 1.165) is 25.2 Å². The molecule has 1 aliphatic heterocycles. The second kappa shape index (κ2) is 5.77. The summed E-state index contributed by atoms with van der Waals surface area (Å²) in [5, 5.41) is 14.4. The van der Waals surface area contributed by atoms with Crippen molar-refractivity contribution in [3.63, 3.8) is 0 Å². The zero-order chi connectivity index (χ0) is 13.0. The van der Waals surface area contributed by atoms with Crippen LogP contribution in [-0.4, -0.2) is 41.2 Å². The molecule has 1 aliphatic carbocycles. The van der Waals surface area contributed by atoms with Crippen LogP contribution in [0.4, 0.5) is 0 Å². The Kier molecular flexibility index (Phi) is 4.09. The summed E-state index contributed by atoms with van der Waals surface area (Å²) in [5.41, 5.74) is 1.29. The number of hydrogen-bond donors (Lipinski definition) is 1. The molecule has 1 atom stereocenters. The van der Waals surface area contributed by atoms with Gasteiger partial charge in [0.2, 0.25) is 0 Å². The molecule has 2 N–H and O–H groups in total. The van der Waals surface area contributed by atoms with E-state index in [0.29, 0.717) is 5.71 Å². The van der Waals surface area contributed by atoms with Crippen molar-refractivity contribution in [3.05, 3.63) is 33.9 Å². The van der Waals surface area contributed by atoms with E-state index in [2.05, 4.69) is 10.0 Å². The molecule has 1 heterocycles. The molecule has 98 valence electrons. The Hall–Kier alpha value is -1.69. The highest BCUT2D eigenvalue weighted by molar-refractivity contribution is 6.01. The van der Waals surface area contributed by atoms with Crippen molar-refractivity contribution in [3.8, 4) is 0 Å². The summed E-state index contributed by atoms with van der Waals surface area (Å²) in [7, 11) is 0. The number of nitrogens with two attached hydrogens (primary N) is 1. The summed E-state index contributed by atoms with van der Waals surface area (Å²) in [6.07, 6.45) is 8.89. The number of hydrogen-bond acceptors (Lipinski definition) is 5. The lowest BCUT2D eigenvalue weighted by Gasteiger charge is -2.27. The van der Waals surface area contributed by atoms with Crippen molar-refractivity contribution in [1.29, 1.82) is 0 Å². The second-order valence-corrected chi connectivity index (χ2v) is 4.70. The van der Waals surface area contributed by atoms with E-state index in [1.165, 1.54) is 19.3 Å². The van der Waals surface area contributed by atoms with Crippen LogP contribution in [-0.2, 0) is 0 Å². The summed E-state index contributed by atoms with van der Waals surface area (Å²) in [5.74, 6) is 5.15. The van der Waals surface area contributed by atoms with Gasteiger partial charge < -0.3 is 5.84 Å². The Morgan fingerprint density at radius 1 is 1.39 bits per heavy atom. The zero-order valence-corrected chi connectivity index (χ0v) is 10.3. The van der Waals surface area contributed by atoms with Gasteiger partial charge in [-0.3, -0.25) is 15.0 Å². The zero-order valence-electron chi connectivity index (χ0n) is 10.3. The molecule has 6 nitrogen and oxygen atoms in total. The van der Waals surface area contributed by atoms with Crippen molar-refractivity contribution >= 4 is 5.71 Å². The van der Waals surface area contributed by atoms with Gasteiger partial charge in [-0.05, 0) is 43.7 Å². The Balaban J connectivity index is 2.04. The van der Waals surface area contributed by atoms with Crippen LogP contribution >= 0.6 is 0 Å². The van der Waals surface area contributed by atoms with E-state index in [1.807, 2.05) is 6.08 Å². The number of rotatable bonds is 3. The van der Waals surface area contributed by atoms with Crippen molar-refractivity contribution in [2.75, 3.05) is 19.6 Å². The maximum absolute atomic E-state index is 10.9. The quantitative estimate of drug-likeness (QED) is 0.458. The molecule has 0 aromatic rings. The summed E-state index contributed by atoms with van der Waals surface area (Å²) in [4.78, 5) is 12.9. The molecule has 0 aromatic carbocycles. The fraction of sp³-hybridized carbons (Fsp3) is 0.583. The summed E-state index contributed by atoms with van der Waals surface area (Å²) < 4.78 is 0. The Morgan fingerprint density at radius 2 is 2.11 bits per heavy atom. The molecule has 0 saturated carbocycles. The second-order valence-electron chi connectivity index (χ2n) is 4.70. The van der Waals surface area contributed by atoms with Crippen molar-refractivity contribution in [2.45, 2.75) is 25.3 Å². The van der Waals surface area contributed by atoms with E-state index < -0.39 is 6.04 Å². The van der Waals surface area contributed by atoms with Crippen molar-refractivity contribution in [1.82, 2.24) is 4.90 Å². The predicted molar refractivity (Wildman–Crippen MR) is 69.9 cm³/mol. The number of nitrogens with zero attached hydrogens (tertiary/aromatic N) is 3. The SMILES string of the molecule is NN=C1C=CC(CN2CCCCC2)=CC1[N+](=O)[O-]. The minimum Gasteiger partial charge on any atom is -0.323 e. The molecule has 2 aliphatic rings. The molecule has 2 rings (SSSR count). The monoisotopic (exact) mass is 250 g/mol. The van der Waals surface area contributed by atoms with Gasteiger partial charge in [-0.1, -0.05) is 12.5 Å². The Morgan fingerprint density at radius 3 is 2.72 bits per heavy atom. The van der Waals surface area contributed by atoms with Gasteiger partial charge in [-0.15, -0.1) is 0 Å². The van der Waals surface area contributed by atoms with E-state index in [-0.39, 0.29) is 4.92 Å². The van der Waals surface area contributed by atoms with E-state index >= 15 is 0 Å². The summed E-state index contributed by atoms with van der Waals surface area (Å²) in [6.45, 7) is 2.93. The Bertz CT molecular complexity index is 408. The smallest absolute Gasteiger partial charge is 0.275 e.